The number of benzene rings is 2. The van der Waals surface area contributed by atoms with Gasteiger partial charge in [-0.1, -0.05) is 36.6 Å². The van der Waals surface area contributed by atoms with Crippen molar-refractivity contribution in [1.29, 1.82) is 0 Å². The fourth-order valence-corrected chi connectivity index (χ4v) is 7.88. The molecule has 1 aliphatic carbocycles. The smallest absolute Gasteiger partial charge is 0.251 e. The second kappa shape index (κ2) is 15.0. The van der Waals surface area contributed by atoms with Crippen LogP contribution in [-0.4, -0.2) is 90.7 Å². The number of ether oxygens (including phenoxy) is 2. The predicted molar refractivity (Wildman–Crippen MR) is 179 cm³/mol. The van der Waals surface area contributed by atoms with Gasteiger partial charge in [-0.15, -0.1) is 0 Å². The molecule has 0 bridgehead atoms. The number of carbonyl (C=O) groups is 1. The number of nitrogens with zero attached hydrogens (tertiary/aromatic N) is 2. The third-order valence-corrected chi connectivity index (χ3v) is 11.2. The van der Waals surface area contributed by atoms with Crippen molar-refractivity contribution in [3.05, 3.63) is 58.1 Å². The van der Waals surface area contributed by atoms with Crippen LogP contribution < -0.4 is 15.4 Å². The average molecular weight is 640 g/mol. The molecule has 3 atom stereocenters. The fourth-order valence-electron chi connectivity index (χ4n) is 7.55. The molecule has 6 rings (SSSR count). The topological polar surface area (TPSA) is 83.1 Å². The minimum Gasteiger partial charge on any atom is -0.489 e. The van der Waals surface area contributed by atoms with Gasteiger partial charge in [0, 0.05) is 43.5 Å². The van der Waals surface area contributed by atoms with E-state index in [0.29, 0.717) is 42.4 Å². The zero-order valence-electron chi connectivity index (χ0n) is 26.9. The number of nitrogens with one attached hydrogen (secondary N) is 2. The summed E-state index contributed by atoms with van der Waals surface area (Å²) in [5, 5.41) is 17.9. The molecule has 0 aromatic heterocycles. The number of anilines is 1. The summed E-state index contributed by atoms with van der Waals surface area (Å²) < 4.78 is 13.7. The summed E-state index contributed by atoms with van der Waals surface area (Å²) in [7, 11) is 0. The number of quaternary nitrogens is 1. The molecule has 246 valence electrons. The first-order valence-corrected chi connectivity index (χ1v) is 17.7. The molecule has 2 unspecified atom stereocenters. The molecular weight excluding hydrogens is 588 g/mol. The van der Waals surface area contributed by atoms with E-state index in [-0.39, 0.29) is 18.6 Å². The summed E-state index contributed by atoms with van der Waals surface area (Å²) in [5.41, 5.74) is 3.88. The number of carbonyl (C=O) groups excluding carboxylic acids is 1. The molecule has 9 heteroatoms. The van der Waals surface area contributed by atoms with E-state index in [4.69, 9.17) is 21.1 Å². The van der Waals surface area contributed by atoms with Crippen LogP contribution in [0.15, 0.2) is 36.4 Å². The van der Waals surface area contributed by atoms with Crippen molar-refractivity contribution in [1.82, 2.24) is 10.2 Å². The van der Waals surface area contributed by atoms with Crippen LogP contribution >= 0.6 is 11.6 Å². The van der Waals surface area contributed by atoms with E-state index in [1.807, 2.05) is 30.3 Å². The van der Waals surface area contributed by atoms with Gasteiger partial charge in [-0.2, -0.15) is 0 Å². The van der Waals surface area contributed by atoms with Crippen LogP contribution in [0.3, 0.4) is 0 Å². The lowest BCUT2D eigenvalue weighted by atomic mass is 9.93. The second-order valence-corrected chi connectivity index (χ2v) is 14.3. The van der Waals surface area contributed by atoms with Crippen LogP contribution in [0.2, 0.25) is 5.02 Å². The maximum absolute atomic E-state index is 12.8. The minimum absolute atomic E-state index is 0.0725. The summed E-state index contributed by atoms with van der Waals surface area (Å²) in [5.74, 6) is 0.568. The lowest BCUT2D eigenvalue weighted by Crippen LogP contribution is -2.54. The van der Waals surface area contributed by atoms with Crippen LogP contribution in [0.4, 0.5) is 5.69 Å². The van der Waals surface area contributed by atoms with Crippen molar-refractivity contribution in [3.63, 3.8) is 0 Å². The van der Waals surface area contributed by atoms with Crippen LogP contribution in [0.25, 0.3) is 0 Å². The second-order valence-electron chi connectivity index (χ2n) is 13.9. The van der Waals surface area contributed by atoms with Crippen molar-refractivity contribution in [2.75, 3.05) is 51.4 Å². The predicted octanol–water partition coefficient (Wildman–Crippen LogP) is 5.75. The molecule has 3 fully saturated rings. The Morgan fingerprint density at radius 2 is 1.89 bits per heavy atom. The highest BCUT2D eigenvalue weighted by Gasteiger charge is 2.46. The van der Waals surface area contributed by atoms with Crippen LogP contribution in [0.1, 0.15) is 86.2 Å². The highest BCUT2D eigenvalue weighted by Crippen LogP contribution is 2.36. The summed E-state index contributed by atoms with van der Waals surface area (Å²) in [6.07, 6.45) is 11.8. The van der Waals surface area contributed by atoms with Crippen LogP contribution in [0.5, 0.6) is 5.75 Å². The Bertz CT molecular complexity index is 1290. The zero-order chi connectivity index (χ0) is 31.2. The number of β-amino-alcohol motifs (C(OH)–C–C–N with tert-alkyl or cyclic N) is 1. The molecule has 2 aromatic carbocycles. The fraction of sp³-hybridized carbons (Fsp3) is 0.639. The zero-order valence-corrected chi connectivity index (χ0v) is 27.7. The van der Waals surface area contributed by atoms with Crippen LogP contribution in [0, 0.1) is 0 Å². The first kappa shape index (κ1) is 32.6. The van der Waals surface area contributed by atoms with Crippen molar-refractivity contribution in [3.8, 4) is 5.75 Å². The lowest BCUT2D eigenvalue weighted by Gasteiger charge is -2.37. The summed E-state index contributed by atoms with van der Waals surface area (Å²) in [6.45, 7) is 8.26. The number of fused-ring (bicyclic) bond motifs is 1. The van der Waals surface area contributed by atoms with Crippen molar-refractivity contribution in [2.24, 2.45) is 0 Å². The number of hydrogen-bond donors (Lipinski definition) is 3. The van der Waals surface area contributed by atoms with Gasteiger partial charge >= 0.3 is 0 Å². The van der Waals surface area contributed by atoms with Gasteiger partial charge in [-0.3, -0.25) is 14.2 Å². The SMILES string of the molecule is CC1C(COc2ccc3c(c2Cl)CCN(C[C@@H](O)CNC(=O)c2cccc(NC4CCC4)c2)C3)OC[N+]12CCCCCCCC2. The van der Waals surface area contributed by atoms with E-state index in [0.717, 1.165) is 46.7 Å². The molecule has 4 aliphatic rings. The largest absolute Gasteiger partial charge is 0.489 e. The number of hydrogen-bond acceptors (Lipinski definition) is 6. The van der Waals surface area contributed by atoms with Gasteiger partial charge in [0.2, 0.25) is 0 Å². The maximum Gasteiger partial charge on any atom is 0.251 e. The Hall–Kier alpha value is -2.36. The normalized spacial score (nSPS) is 24.5. The minimum atomic E-state index is -0.665. The average Bonchev–Trinajstić information content (AvgIpc) is 3.39. The van der Waals surface area contributed by atoms with Gasteiger partial charge in [0.05, 0.1) is 24.2 Å². The molecular formula is C36H52ClN4O4+. The van der Waals surface area contributed by atoms with Gasteiger partial charge in [0.15, 0.2) is 6.73 Å². The molecule has 3 aliphatic heterocycles. The van der Waals surface area contributed by atoms with E-state index < -0.39 is 6.10 Å². The molecule has 8 nitrogen and oxygen atoms in total. The third kappa shape index (κ3) is 7.96. The van der Waals surface area contributed by atoms with Gasteiger partial charge in [0.25, 0.3) is 5.91 Å². The summed E-state index contributed by atoms with van der Waals surface area (Å²) >= 11 is 6.91. The molecule has 0 radical (unpaired) electrons. The summed E-state index contributed by atoms with van der Waals surface area (Å²) in [4.78, 5) is 15.0. The highest BCUT2D eigenvalue weighted by atomic mass is 35.5. The molecule has 1 spiro atoms. The van der Waals surface area contributed by atoms with Gasteiger partial charge in [0.1, 0.15) is 24.5 Å². The van der Waals surface area contributed by atoms with E-state index in [9.17, 15) is 9.90 Å². The molecule has 3 N–H and O–H groups in total. The van der Waals surface area contributed by atoms with E-state index in [1.165, 1.54) is 70.9 Å². The monoisotopic (exact) mass is 639 g/mol. The summed E-state index contributed by atoms with van der Waals surface area (Å²) in [6, 6.07) is 12.6. The van der Waals surface area contributed by atoms with Crippen molar-refractivity contribution in [2.45, 2.75) is 102 Å². The first-order chi connectivity index (χ1) is 21.9. The Balaban J connectivity index is 0.968. The van der Waals surface area contributed by atoms with E-state index >= 15 is 0 Å². The third-order valence-electron chi connectivity index (χ3n) is 10.8. The molecule has 45 heavy (non-hydrogen) atoms. The molecule has 3 heterocycles. The lowest BCUT2D eigenvalue weighted by molar-refractivity contribution is -0.945. The number of rotatable bonds is 10. The first-order valence-electron chi connectivity index (χ1n) is 17.4. The standard InChI is InChI=1S/C36H51ClN4O4/c1-26-34(45-25-41(26)18-6-4-2-3-5-7-19-41)24-44-33-15-14-28-22-40(17-16-32(28)35(33)37)23-31(42)21-38-36(43)27-10-8-13-30(20-27)39-29-11-9-12-29/h8,10,13-15,20,26,29,31,34,39,42H,2-7,9,11-12,16-19,21-25H2,1H3/p+1/t26?,31-,34?/m0/s1. The number of aliphatic hydroxyl groups is 1. The Kier molecular flexibility index (Phi) is 10.9. The van der Waals surface area contributed by atoms with Crippen molar-refractivity contribution < 1.29 is 23.9 Å². The molecule has 1 saturated carbocycles. The molecule has 1 amide bonds. The Morgan fingerprint density at radius 1 is 1.11 bits per heavy atom. The maximum atomic E-state index is 12.8. The number of aliphatic hydroxyl groups excluding tert-OH is 1. The van der Waals surface area contributed by atoms with Gasteiger partial charge in [-0.05, 0) is 93.7 Å². The van der Waals surface area contributed by atoms with E-state index in [1.54, 1.807) is 0 Å². The quantitative estimate of drug-likeness (QED) is 0.287. The Labute approximate surface area is 274 Å². The molecule has 2 aromatic rings. The van der Waals surface area contributed by atoms with Gasteiger partial charge in [-0.25, -0.2) is 0 Å². The Morgan fingerprint density at radius 3 is 2.64 bits per heavy atom. The van der Waals surface area contributed by atoms with E-state index in [2.05, 4.69) is 28.5 Å². The van der Waals surface area contributed by atoms with Crippen LogP contribution in [-0.2, 0) is 17.7 Å². The highest BCUT2D eigenvalue weighted by molar-refractivity contribution is 6.33. The van der Waals surface area contributed by atoms with Crippen molar-refractivity contribution >= 4 is 23.2 Å². The molecule has 2 saturated heterocycles. The number of amides is 1. The number of halogens is 1. The van der Waals surface area contributed by atoms with Gasteiger partial charge < -0.3 is 25.2 Å².